The van der Waals surface area contributed by atoms with E-state index < -0.39 is 0 Å². The van der Waals surface area contributed by atoms with Crippen molar-refractivity contribution < 1.29 is 0 Å². The summed E-state index contributed by atoms with van der Waals surface area (Å²) < 4.78 is 2.52. The first kappa shape index (κ1) is 17.7. The molecule has 2 unspecified atom stereocenters. The summed E-state index contributed by atoms with van der Waals surface area (Å²) in [7, 11) is 0. The molecule has 4 N–H and O–H groups in total. The van der Waals surface area contributed by atoms with Gasteiger partial charge in [0.1, 0.15) is 0 Å². The van der Waals surface area contributed by atoms with Gasteiger partial charge in [-0.05, 0) is 0 Å². The van der Waals surface area contributed by atoms with Crippen molar-refractivity contribution in [3.63, 3.8) is 0 Å². The van der Waals surface area contributed by atoms with Crippen LogP contribution in [0.1, 0.15) is 0 Å². The first-order valence-corrected chi connectivity index (χ1v) is 7.30. The van der Waals surface area contributed by atoms with E-state index >= 15 is 0 Å². The topological polar surface area (TPSA) is 52.0 Å². The third-order valence-corrected chi connectivity index (χ3v) is 4.45. The Morgan fingerprint density at radius 3 is 1.28 bits per heavy atom. The zero-order chi connectivity index (χ0) is 11.7. The van der Waals surface area contributed by atoms with E-state index in [0.717, 1.165) is 11.4 Å². The van der Waals surface area contributed by atoms with Gasteiger partial charge in [0.15, 0.2) is 0 Å². The molecule has 2 aromatic rings. The van der Waals surface area contributed by atoms with Crippen molar-refractivity contribution >= 4 is 78.6 Å². The monoisotopic (exact) mass is 408 g/mol. The van der Waals surface area contributed by atoms with E-state index in [1.807, 2.05) is 24.3 Å². The minimum atomic E-state index is 0. The Labute approximate surface area is 137 Å². The van der Waals surface area contributed by atoms with Crippen LogP contribution in [0.3, 0.4) is 0 Å². The van der Waals surface area contributed by atoms with Crippen LogP contribution in [0.4, 0.5) is 11.4 Å². The van der Waals surface area contributed by atoms with Crippen LogP contribution < -0.4 is 20.2 Å². The second-order valence-electron chi connectivity index (χ2n) is 3.69. The molecular weight excluding hydrogens is 393 g/mol. The average molecular weight is 409 g/mol. The van der Waals surface area contributed by atoms with Gasteiger partial charge in [0.2, 0.25) is 0 Å². The quantitative estimate of drug-likeness (QED) is 0.510. The van der Waals surface area contributed by atoms with Crippen molar-refractivity contribution in [1.82, 2.24) is 0 Å². The van der Waals surface area contributed by atoms with Crippen molar-refractivity contribution in [3.05, 3.63) is 36.4 Å². The Morgan fingerprint density at radius 1 is 0.667 bits per heavy atom. The number of rotatable bonds is 1. The van der Waals surface area contributed by atoms with Crippen molar-refractivity contribution in [3.8, 4) is 11.1 Å². The Kier molecular flexibility index (Phi) is 7.25. The molecule has 0 aliphatic carbocycles. The summed E-state index contributed by atoms with van der Waals surface area (Å²) in [5.74, 6) is 0. The average Bonchev–Trinajstić information content (AvgIpc) is 2.19. The fourth-order valence-corrected chi connectivity index (χ4v) is 3.52. The van der Waals surface area contributed by atoms with Crippen LogP contribution in [0.2, 0.25) is 0 Å². The molecule has 0 fully saturated rings. The molecule has 0 spiro atoms. The molecule has 2 aromatic carbocycles. The van der Waals surface area contributed by atoms with E-state index in [1.54, 1.807) is 33.7 Å². The van der Waals surface area contributed by atoms with Gasteiger partial charge in [0.05, 0.1) is 0 Å². The minimum absolute atomic E-state index is 0. The predicted molar refractivity (Wildman–Crippen MR) is 91.6 cm³/mol. The van der Waals surface area contributed by atoms with Crippen LogP contribution in [0, 0.1) is 0 Å². The Balaban J connectivity index is 0.00000144. The van der Waals surface area contributed by atoms with Crippen LogP contribution in [0.25, 0.3) is 11.1 Å². The first-order chi connectivity index (χ1) is 7.58. The van der Waals surface area contributed by atoms with Gasteiger partial charge in [-0.15, -0.1) is 24.8 Å². The van der Waals surface area contributed by atoms with E-state index in [1.165, 1.54) is 19.8 Å². The molecule has 2 atom stereocenters. The first-order valence-electron chi connectivity index (χ1n) is 4.88. The third-order valence-electron chi connectivity index (χ3n) is 2.44. The Bertz CT molecular complexity index is 498. The maximum atomic E-state index is 5.76. The number of benzene rings is 2. The second-order valence-corrected chi connectivity index (χ2v) is 6.30. The fourth-order valence-electron chi connectivity index (χ4n) is 1.65. The summed E-state index contributed by atoms with van der Waals surface area (Å²) in [6, 6.07) is 12.1. The van der Waals surface area contributed by atoms with Gasteiger partial charge < -0.3 is 0 Å². The van der Waals surface area contributed by atoms with Crippen LogP contribution in [-0.4, -0.2) is 33.7 Å². The van der Waals surface area contributed by atoms with E-state index in [4.69, 9.17) is 11.5 Å². The maximum absolute atomic E-state index is 5.76. The Morgan fingerprint density at radius 2 is 1.00 bits per heavy atom. The van der Waals surface area contributed by atoms with Crippen LogP contribution in [-0.2, 0) is 0 Å². The van der Waals surface area contributed by atoms with Gasteiger partial charge in [0.25, 0.3) is 0 Å². The summed E-state index contributed by atoms with van der Waals surface area (Å²) in [6.45, 7) is 0. The summed E-state index contributed by atoms with van der Waals surface area (Å²) in [5.41, 5.74) is 15.7. The molecule has 0 saturated carbocycles. The van der Waals surface area contributed by atoms with Crippen LogP contribution in [0.15, 0.2) is 36.4 Å². The zero-order valence-electron chi connectivity index (χ0n) is 9.59. The Hall–Kier alpha value is -0.263. The molecule has 0 heterocycles. The van der Waals surface area contributed by atoms with Crippen molar-refractivity contribution in [2.75, 3.05) is 11.5 Å². The second kappa shape index (κ2) is 7.36. The number of anilines is 2. The molecule has 98 valence electrons. The van der Waals surface area contributed by atoms with E-state index in [9.17, 15) is 0 Å². The molecule has 2 nitrogen and oxygen atoms in total. The van der Waals surface area contributed by atoms with Crippen molar-refractivity contribution in [2.24, 2.45) is 0 Å². The SMILES string of the molecule is Cl.Cl.Nc1ccc(-c2ccc(N)cc2[AsH2])c([AsH2])c1. The molecule has 0 aliphatic rings. The predicted octanol–water partition coefficient (Wildman–Crippen LogP) is -0.122. The number of nitrogen functional groups attached to an aromatic ring is 2. The number of hydrogen-bond acceptors (Lipinski definition) is 2. The standard InChI is InChI=1S/C12H14As2N2.2ClH/c13-11-5-7(15)1-3-9(11)10-4-2-8(16)6-12(10)14;;/h1-6H,13-16H2;2*1H. The fraction of sp³-hybridized carbons (Fsp3) is 0. The van der Waals surface area contributed by atoms with E-state index in [0.29, 0.717) is 0 Å². The third kappa shape index (κ3) is 3.86. The molecule has 0 radical (unpaired) electrons. The molecule has 0 aliphatic heterocycles. The van der Waals surface area contributed by atoms with Gasteiger partial charge in [-0.1, -0.05) is 0 Å². The van der Waals surface area contributed by atoms with E-state index in [-0.39, 0.29) is 24.8 Å². The van der Waals surface area contributed by atoms with Gasteiger partial charge in [-0.2, -0.15) is 0 Å². The van der Waals surface area contributed by atoms with Gasteiger partial charge in [-0.25, -0.2) is 0 Å². The summed E-state index contributed by atoms with van der Waals surface area (Å²) in [6.07, 6.45) is 0. The summed E-state index contributed by atoms with van der Waals surface area (Å²) in [5, 5.41) is 0. The molecule has 18 heavy (non-hydrogen) atoms. The van der Waals surface area contributed by atoms with Crippen molar-refractivity contribution in [1.29, 1.82) is 0 Å². The number of hydrogen-bond donors (Lipinski definition) is 2. The summed E-state index contributed by atoms with van der Waals surface area (Å²) in [4.78, 5) is 0. The van der Waals surface area contributed by atoms with Gasteiger partial charge in [-0.3, -0.25) is 0 Å². The van der Waals surface area contributed by atoms with Crippen LogP contribution >= 0.6 is 24.8 Å². The molecule has 0 bridgehead atoms. The number of halogens is 2. The zero-order valence-corrected chi connectivity index (χ0v) is 16.1. The molecule has 2 rings (SSSR count). The van der Waals surface area contributed by atoms with Crippen LogP contribution in [0.5, 0.6) is 0 Å². The van der Waals surface area contributed by atoms with Crippen molar-refractivity contribution in [2.45, 2.75) is 0 Å². The molecular formula is C12H16As2Cl2N2. The van der Waals surface area contributed by atoms with Gasteiger partial charge in [0, 0.05) is 0 Å². The molecule has 0 saturated heterocycles. The van der Waals surface area contributed by atoms with E-state index in [2.05, 4.69) is 12.1 Å². The molecule has 0 aromatic heterocycles. The molecule has 6 heteroatoms. The normalized spacial score (nSPS) is 9.22. The number of nitrogens with two attached hydrogens (primary N) is 2. The van der Waals surface area contributed by atoms with Gasteiger partial charge >= 0.3 is 113 Å². The summed E-state index contributed by atoms with van der Waals surface area (Å²) >= 11 is 3.19. The molecule has 0 amide bonds.